The van der Waals surface area contributed by atoms with E-state index in [9.17, 15) is 5.11 Å². The molecule has 3 heteroatoms. The Balaban J connectivity index is 1.68. The first-order chi connectivity index (χ1) is 9.70. The van der Waals surface area contributed by atoms with Crippen LogP contribution in [0.3, 0.4) is 0 Å². The quantitative estimate of drug-likeness (QED) is 0.922. The smallest absolute Gasteiger partial charge is 0.0939 e. The SMILES string of the molecule is CC(C1CCOC2(CCOC2)C1)C(O)c1ccccc1. The molecule has 1 aromatic carbocycles. The van der Waals surface area contributed by atoms with Crippen LogP contribution in [0.4, 0.5) is 0 Å². The fourth-order valence-electron chi connectivity index (χ4n) is 3.59. The van der Waals surface area contributed by atoms with E-state index in [-0.39, 0.29) is 11.5 Å². The van der Waals surface area contributed by atoms with Gasteiger partial charge in [-0.3, -0.25) is 0 Å². The van der Waals surface area contributed by atoms with E-state index in [1.807, 2.05) is 30.3 Å². The molecule has 2 aliphatic heterocycles. The molecule has 2 saturated heterocycles. The van der Waals surface area contributed by atoms with E-state index in [0.29, 0.717) is 5.92 Å². The topological polar surface area (TPSA) is 38.7 Å². The largest absolute Gasteiger partial charge is 0.388 e. The lowest BCUT2D eigenvalue weighted by Crippen LogP contribution is -2.42. The molecule has 0 bridgehead atoms. The van der Waals surface area contributed by atoms with Gasteiger partial charge < -0.3 is 14.6 Å². The van der Waals surface area contributed by atoms with E-state index in [1.54, 1.807) is 0 Å². The molecule has 20 heavy (non-hydrogen) atoms. The molecule has 1 N–H and O–H groups in total. The van der Waals surface area contributed by atoms with Gasteiger partial charge in [0.1, 0.15) is 0 Å². The highest BCUT2D eigenvalue weighted by molar-refractivity contribution is 5.18. The van der Waals surface area contributed by atoms with Crippen molar-refractivity contribution in [1.82, 2.24) is 0 Å². The highest BCUT2D eigenvalue weighted by Gasteiger charge is 2.43. The molecule has 110 valence electrons. The first-order valence-corrected chi connectivity index (χ1v) is 7.65. The Bertz CT molecular complexity index is 425. The van der Waals surface area contributed by atoms with Crippen LogP contribution in [0.15, 0.2) is 30.3 Å². The predicted molar refractivity (Wildman–Crippen MR) is 77.4 cm³/mol. The maximum atomic E-state index is 10.6. The summed E-state index contributed by atoms with van der Waals surface area (Å²) in [7, 11) is 0. The van der Waals surface area contributed by atoms with Crippen molar-refractivity contribution in [3.8, 4) is 0 Å². The third-order valence-corrected chi connectivity index (χ3v) is 4.98. The third-order valence-electron chi connectivity index (χ3n) is 4.98. The first kappa shape index (κ1) is 14.1. The van der Waals surface area contributed by atoms with Gasteiger partial charge in [-0.25, -0.2) is 0 Å². The molecule has 2 fully saturated rings. The second-order valence-electron chi connectivity index (χ2n) is 6.30. The summed E-state index contributed by atoms with van der Waals surface area (Å²) in [5.41, 5.74) is 0.941. The Morgan fingerprint density at radius 3 is 2.75 bits per heavy atom. The third kappa shape index (κ3) is 2.76. The van der Waals surface area contributed by atoms with Gasteiger partial charge in [0, 0.05) is 19.6 Å². The minimum atomic E-state index is -0.390. The van der Waals surface area contributed by atoms with Gasteiger partial charge in [-0.2, -0.15) is 0 Å². The van der Waals surface area contributed by atoms with Gasteiger partial charge in [-0.15, -0.1) is 0 Å². The number of aliphatic hydroxyl groups is 1. The highest BCUT2D eigenvalue weighted by Crippen LogP contribution is 2.41. The second-order valence-corrected chi connectivity index (χ2v) is 6.30. The van der Waals surface area contributed by atoms with Gasteiger partial charge in [0.25, 0.3) is 0 Å². The minimum Gasteiger partial charge on any atom is -0.388 e. The average molecular weight is 276 g/mol. The van der Waals surface area contributed by atoms with Crippen molar-refractivity contribution >= 4 is 0 Å². The molecule has 1 spiro atoms. The lowest BCUT2D eigenvalue weighted by molar-refractivity contribution is -0.113. The van der Waals surface area contributed by atoms with E-state index < -0.39 is 6.10 Å². The summed E-state index contributed by atoms with van der Waals surface area (Å²) >= 11 is 0. The van der Waals surface area contributed by atoms with Crippen LogP contribution in [-0.2, 0) is 9.47 Å². The highest BCUT2D eigenvalue weighted by atomic mass is 16.6. The van der Waals surface area contributed by atoms with Crippen LogP contribution < -0.4 is 0 Å². The van der Waals surface area contributed by atoms with Gasteiger partial charge in [0.05, 0.1) is 18.3 Å². The summed E-state index contributed by atoms with van der Waals surface area (Å²) in [5, 5.41) is 10.6. The monoisotopic (exact) mass is 276 g/mol. The lowest BCUT2D eigenvalue weighted by Gasteiger charge is -2.40. The molecular weight excluding hydrogens is 252 g/mol. The van der Waals surface area contributed by atoms with Crippen LogP contribution in [-0.4, -0.2) is 30.5 Å². The first-order valence-electron chi connectivity index (χ1n) is 7.65. The average Bonchev–Trinajstić information content (AvgIpc) is 2.94. The number of rotatable bonds is 3. The van der Waals surface area contributed by atoms with Crippen molar-refractivity contribution < 1.29 is 14.6 Å². The maximum absolute atomic E-state index is 10.6. The fourth-order valence-corrected chi connectivity index (χ4v) is 3.59. The maximum Gasteiger partial charge on any atom is 0.0939 e. The van der Waals surface area contributed by atoms with Crippen LogP contribution in [0.5, 0.6) is 0 Å². The number of benzene rings is 1. The van der Waals surface area contributed by atoms with Crippen LogP contribution in [0.25, 0.3) is 0 Å². The summed E-state index contributed by atoms with van der Waals surface area (Å²) in [6, 6.07) is 9.98. The molecule has 3 nitrogen and oxygen atoms in total. The van der Waals surface area contributed by atoms with Crippen molar-refractivity contribution in [3.05, 3.63) is 35.9 Å². The van der Waals surface area contributed by atoms with E-state index in [1.165, 1.54) is 0 Å². The Morgan fingerprint density at radius 2 is 2.05 bits per heavy atom. The Morgan fingerprint density at radius 1 is 1.25 bits per heavy atom. The van der Waals surface area contributed by atoms with Crippen LogP contribution in [0.1, 0.15) is 37.9 Å². The van der Waals surface area contributed by atoms with E-state index >= 15 is 0 Å². The zero-order chi connectivity index (χ0) is 14.0. The van der Waals surface area contributed by atoms with Crippen molar-refractivity contribution in [2.75, 3.05) is 19.8 Å². The molecule has 0 saturated carbocycles. The molecule has 4 atom stereocenters. The molecule has 0 aromatic heterocycles. The zero-order valence-corrected chi connectivity index (χ0v) is 12.1. The van der Waals surface area contributed by atoms with E-state index in [4.69, 9.17) is 9.47 Å². The van der Waals surface area contributed by atoms with Crippen LogP contribution in [0.2, 0.25) is 0 Å². The van der Waals surface area contributed by atoms with Crippen LogP contribution in [0, 0.1) is 11.8 Å². The second kappa shape index (κ2) is 5.84. The molecule has 0 radical (unpaired) electrons. The Labute approximate surface area is 120 Å². The van der Waals surface area contributed by atoms with Crippen molar-refractivity contribution in [2.24, 2.45) is 11.8 Å². The van der Waals surface area contributed by atoms with E-state index in [0.717, 1.165) is 44.6 Å². The van der Waals surface area contributed by atoms with Gasteiger partial charge in [-0.05, 0) is 30.2 Å². The fraction of sp³-hybridized carbons (Fsp3) is 0.647. The number of hydrogen-bond donors (Lipinski definition) is 1. The van der Waals surface area contributed by atoms with Crippen LogP contribution >= 0.6 is 0 Å². The summed E-state index contributed by atoms with van der Waals surface area (Å²) in [5.74, 6) is 0.749. The molecular formula is C17H24O3. The standard InChI is InChI=1S/C17H24O3/c1-13(16(18)14-5-3-2-4-6-14)15-7-9-20-17(11-15)8-10-19-12-17/h2-6,13,15-16,18H,7-12H2,1H3. The normalized spacial score (nSPS) is 33.2. The Hall–Kier alpha value is -0.900. The summed E-state index contributed by atoms with van der Waals surface area (Å²) in [6.45, 7) is 4.48. The molecule has 0 aliphatic carbocycles. The predicted octanol–water partition coefficient (Wildman–Crippen LogP) is 2.94. The molecule has 3 rings (SSSR count). The van der Waals surface area contributed by atoms with Gasteiger partial charge in [-0.1, -0.05) is 37.3 Å². The van der Waals surface area contributed by atoms with Gasteiger partial charge >= 0.3 is 0 Å². The van der Waals surface area contributed by atoms with Gasteiger partial charge in [0.2, 0.25) is 0 Å². The lowest BCUT2D eigenvalue weighted by atomic mass is 9.75. The molecule has 1 aromatic rings. The number of aliphatic hydroxyl groups excluding tert-OH is 1. The minimum absolute atomic E-state index is 0.0758. The Kier molecular flexibility index (Phi) is 4.11. The van der Waals surface area contributed by atoms with Crippen molar-refractivity contribution in [3.63, 3.8) is 0 Å². The molecule has 2 aliphatic rings. The number of hydrogen-bond acceptors (Lipinski definition) is 3. The number of ether oxygens (including phenoxy) is 2. The summed E-state index contributed by atoms with van der Waals surface area (Å²) in [6.07, 6.45) is 2.65. The van der Waals surface area contributed by atoms with Crippen molar-refractivity contribution in [2.45, 2.75) is 37.9 Å². The molecule has 2 heterocycles. The zero-order valence-electron chi connectivity index (χ0n) is 12.1. The summed E-state index contributed by atoms with van der Waals surface area (Å²) in [4.78, 5) is 0. The van der Waals surface area contributed by atoms with Gasteiger partial charge in [0.15, 0.2) is 0 Å². The summed E-state index contributed by atoms with van der Waals surface area (Å²) < 4.78 is 11.5. The van der Waals surface area contributed by atoms with E-state index in [2.05, 4.69) is 6.92 Å². The molecule has 4 unspecified atom stereocenters. The van der Waals surface area contributed by atoms with Crippen molar-refractivity contribution in [1.29, 1.82) is 0 Å². The molecule has 0 amide bonds.